The molecule has 1 fully saturated rings. The maximum Gasteiger partial charge on any atom is 0.416 e. The van der Waals surface area contributed by atoms with Gasteiger partial charge in [-0.25, -0.2) is 23.4 Å². The highest BCUT2D eigenvalue weighted by Gasteiger charge is 2.31. The van der Waals surface area contributed by atoms with Gasteiger partial charge in [-0.3, -0.25) is 4.90 Å². The van der Waals surface area contributed by atoms with E-state index in [1.807, 2.05) is 47.6 Å². The Kier molecular flexibility index (Phi) is 11.8. The fourth-order valence-corrected chi connectivity index (χ4v) is 5.34. The van der Waals surface area contributed by atoms with E-state index in [1.54, 1.807) is 9.80 Å². The van der Waals surface area contributed by atoms with Crippen molar-refractivity contribution >= 4 is 18.0 Å². The second kappa shape index (κ2) is 14.6. The van der Waals surface area contributed by atoms with Gasteiger partial charge in [0.25, 0.3) is 0 Å². The molecular formula is C31H50F2N4O4. The Morgan fingerprint density at radius 2 is 1.71 bits per heavy atom. The van der Waals surface area contributed by atoms with Crippen LogP contribution in [0.4, 0.5) is 24.2 Å². The van der Waals surface area contributed by atoms with E-state index in [1.165, 1.54) is 0 Å². The summed E-state index contributed by atoms with van der Waals surface area (Å²) in [6.07, 6.45) is 3.08. The van der Waals surface area contributed by atoms with Gasteiger partial charge in [-0.05, 0) is 104 Å². The molecule has 1 aromatic rings. The average Bonchev–Trinajstić information content (AvgIpc) is 3.33. The van der Waals surface area contributed by atoms with Crippen LogP contribution < -0.4 is 4.90 Å². The van der Waals surface area contributed by atoms with E-state index in [0.717, 1.165) is 62.7 Å². The number of hydrogen-bond acceptors (Lipinski definition) is 6. The number of carbonyl (C=O) groups excluding carboxylic acids is 2. The molecule has 0 saturated carbocycles. The number of hydrogen-bond donors (Lipinski definition) is 0. The fourth-order valence-electron chi connectivity index (χ4n) is 5.34. The van der Waals surface area contributed by atoms with Gasteiger partial charge in [0, 0.05) is 44.8 Å². The number of nitrogens with zero attached hydrogens (tertiary/aromatic N) is 4. The zero-order chi connectivity index (χ0) is 30.2. The molecule has 0 N–H and O–H groups in total. The number of amides is 2. The number of rotatable bonds is 11. The number of fused-ring (bicyclic) bond motifs is 1. The molecule has 3 rings (SSSR count). The zero-order valence-electron chi connectivity index (χ0n) is 25.9. The van der Waals surface area contributed by atoms with E-state index in [4.69, 9.17) is 14.5 Å². The van der Waals surface area contributed by atoms with Crippen molar-refractivity contribution in [3.63, 3.8) is 0 Å². The molecule has 2 aliphatic rings. The van der Waals surface area contributed by atoms with Crippen molar-refractivity contribution in [1.82, 2.24) is 14.8 Å². The minimum Gasteiger partial charge on any atom is -0.444 e. The molecule has 0 bridgehead atoms. The normalized spacial score (nSPS) is 17.8. The standard InChI is InChI=1S/C31H50F2N4O4/c1-30(2,3)40-28(38)36-20-15-23(22-36)21-35(19-16-26(32)33)17-9-7-8-12-25-14-13-24-11-10-18-37(27(24)34-25)29(39)41-31(4,5)6/h13-14,23,26H,7-12,15-22H2,1-6H3/t23-/m0/s1. The highest BCUT2D eigenvalue weighted by Crippen LogP contribution is 2.28. The van der Waals surface area contributed by atoms with Crippen molar-refractivity contribution in [2.45, 2.75) is 111 Å². The van der Waals surface area contributed by atoms with E-state index in [2.05, 4.69) is 11.0 Å². The molecule has 8 nitrogen and oxygen atoms in total. The SMILES string of the molecule is CC(C)(C)OC(=O)N1CC[C@@H](CN(CCCCCc2ccc3c(n2)N(C(=O)OC(C)(C)C)CCC3)CCC(F)F)C1. The summed E-state index contributed by atoms with van der Waals surface area (Å²) in [4.78, 5) is 35.5. The fraction of sp³-hybridized carbons (Fsp3) is 0.774. The van der Waals surface area contributed by atoms with Crippen LogP contribution in [-0.4, -0.2) is 83.9 Å². The lowest BCUT2D eigenvalue weighted by Crippen LogP contribution is -2.40. The molecule has 41 heavy (non-hydrogen) atoms. The Hall–Kier alpha value is -2.49. The van der Waals surface area contributed by atoms with Gasteiger partial charge in [0.2, 0.25) is 6.43 Å². The lowest BCUT2D eigenvalue weighted by molar-refractivity contribution is 0.0284. The minimum atomic E-state index is -2.32. The summed E-state index contributed by atoms with van der Waals surface area (Å²) in [6.45, 7) is 14.8. The molecule has 0 radical (unpaired) electrons. The predicted molar refractivity (Wildman–Crippen MR) is 157 cm³/mol. The van der Waals surface area contributed by atoms with Crippen LogP contribution in [0.2, 0.25) is 0 Å². The number of ether oxygens (including phenoxy) is 2. The van der Waals surface area contributed by atoms with Crippen LogP contribution in [-0.2, 0) is 22.3 Å². The van der Waals surface area contributed by atoms with Gasteiger partial charge in [0.15, 0.2) is 0 Å². The number of unbranched alkanes of at least 4 members (excludes halogenated alkanes) is 2. The Morgan fingerprint density at radius 3 is 2.39 bits per heavy atom. The van der Waals surface area contributed by atoms with Gasteiger partial charge >= 0.3 is 12.2 Å². The van der Waals surface area contributed by atoms with E-state index in [0.29, 0.717) is 38.5 Å². The average molecular weight is 581 g/mol. The van der Waals surface area contributed by atoms with Gasteiger partial charge in [-0.2, -0.15) is 0 Å². The van der Waals surface area contributed by atoms with Crippen LogP contribution in [0.5, 0.6) is 0 Å². The summed E-state index contributed by atoms with van der Waals surface area (Å²) in [5.74, 6) is 0.964. The van der Waals surface area contributed by atoms with Crippen LogP contribution in [0.25, 0.3) is 0 Å². The Balaban J connectivity index is 1.47. The molecule has 2 aliphatic heterocycles. The summed E-state index contributed by atoms with van der Waals surface area (Å²) < 4.78 is 37.1. The van der Waals surface area contributed by atoms with Crippen LogP contribution in [0, 0.1) is 5.92 Å². The van der Waals surface area contributed by atoms with Gasteiger partial charge in [0.1, 0.15) is 17.0 Å². The second-order valence-electron chi connectivity index (χ2n) is 13.4. The number of anilines is 1. The number of carbonyl (C=O) groups is 2. The van der Waals surface area contributed by atoms with E-state index < -0.39 is 17.6 Å². The topological polar surface area (TPSA) is 75.2 Å². The zero-order valence-corrected chi connectivity index (χ0v) is 25.9. The molecule has 232 valence electrons. The van der Waals surface area contributed by atoms with Crippen molar-refractivity contribution in [1.29, 1.82) is 0 Å². The van der Waals surface area contributed by atoms with Crippen molar-refractivity contribution in [3.05, 3.63) is 23.4 Å². The summed E-state index contributed by atoms with van der Waals surface area (Å²) >= 11 is 0. The van der Waals surface area contributed by atoms with Crippen molar-refractivity contribution in [3.8, 4) is 0 Å². The molecule has 0 aliphatic carbocycles. The highest BCUT2D eigenvalue weighted by atomic mass is 19.3. The van der Waals surface area contributed by atoms with E-state index in [9.17, 15) is 18.4 Å². The molecule has 0 spiro atoms. The Morgan fingerprint density at radius 1 is 1.00 bits per heavy atom. The number of pyridine rings is 1. The summed E-state index contributed by atoms with van der Waals surface area (Å²) in [5, 5.41) is 0. The minimum absolute atomic E-state index is 0.143. The molecule has 10 heteroatoms. The van der Waals surface area contributed by atoms with Gasteiger partial charge in [-0.1, -0.05) is 12.5 Å². The van der Waals surface area contributed by atoms with Crippen LogP contribution in [0.1, 0.15) is 91.3 Å². The third kappa shape index (κ3) is 11.4. The molecule has 1 saturated heterocycles. The third-order valence-electron chi connectivity index (χ3n) is 7.24. The Labute approximate surface area is 244 Å². The summed E-state index contributed by atoms with van der Waals surface area (Å²) in [6, 6.07) is 4.12. The van der Waals surface area contributed by atoms with E-state index in [-0.39, 0.29) is 24.5 Å². The summed E-state index contributed by atoms with van der Waals surface area (Å²) in [7, 11) is 0. The lowest BCUT2D eigenvalue weighted by Gasteiger charge is -2.31. The largest absolute Gasteiger partial charge is 0.444 e. The second-order valence-corrected chi connectivity index (χ2v) is 13.4. The first kappa shape index (κ1) is 33.0. The molecule has 2 amide bonds. The van der Waals surface area contributed by atoms with Crippen molar-refractivity contribution in [2.24, 2.45) is 5.92 Å². The number of alkyl halides is 2. The van der Waals surface area contributed by atoms with E-state index >= 15 is 0 Å². The van der Waals surface area contributed by atoms with Gasteiger partial charge in [0.05, 0.1) is 0 Å². The van der Waals surface area contributed by atoms with Crippen molar-refractivity contribution in [2.75, 3.05) is 44.2 Å². The molecular weight excluding hydrogens is 530 g/mol. The molecule has 1 atom stereocenters. The van der Waals surface area contributed by atoms with Crippen LogP contribution in [0.3, 0.4) is 0 Å². The van der Waals surface area contributed by atoms with Gasteiger partial charge in [-0.15, -0.1) is 0 Å². The maximum atomic E-state index is 13.0. The first-order valence-corrected chi connectivity index (χ1v) is 15.2. The number of halogens is 2. The molecule has 3 heterocycles. The van der Waals surface area contributed by atoms with Gasteiger partial charge < -0.3 is 19.3 Å². The summed E-state index contributed by atoms with van der Waals surface area (Å²) in [5.41, 5.74) is 0.912. The lowest BCUT2D eigenvalue weighted by atomic mass is 10.0. The van der Waals surface area contributed by atoms with Crippen LogP contribution >= 0.6 is 0 Å². The van der Waals surface area contributed by atoms with Crippen molar-refractivity contribution < 1.29 is 27.8 Å². The molecule has 1 aromatic heterocycles. The Bertz CT molecular complexity index is 1010. The quantitative estimate of drug-likeness (QED) is 0.271. The maximum absolute atomic E-state index is 13.0. The number of likely N-dealkylation sites (tertiary alicyclic amines) is 1. The monoisotopic (exact) mass is 580 g/mol. The molecule has 0 aromatic carbocycles. The van der Waals surface area contributed by atoms with Crippen LogP contribution in [0.15, 0.2) is 12.1 Å². The predicted octanol–water partition coefficient (Wildman–Crippen LogP) is 6.70. The first-order valence-electron chi connectivity index (χ1n) is 15.2. The highest BCUT2D eigenvalue weighted by molar-refractivity contribution is 5.88. The number of aryl methyl sites for hydroxylation is 2. The number of aromatic nitrogens is 1. The smallest absolute Gasteiger partial charge is 0.416 e. The molecule has 0 unspecified atom stereocenters. The third-order valence-corrected chi connectivity index (χ3v) is 7.24. The first-order chi connectivity index (χ1) is 19.2.